The summed E-state index contributed by atoms with van der Waals surface area (Å²) in [6.45, 7) is 9.90. The number of hydrogen-bond acceptors (Lipinski definition) is 10. The van der Waals surface area contributed by atoms with Crippen LogP contribution in [0.3, 0.4) is 0 Å². The molecule has 1 spiro atoms. The van der Waals surface area contributed by atoms with Gasteiger partial charge in [0.05, 0.1) is 23.8 Å². The number of fused-ring (bicyclic) bond motifs is 4. The first-order valence-electron chi connectivity index (χ1n) is 18.9. The molecule has 1 saturated carbocycles. The van der Waals surface area contributed by atoms with E-state index in [0.717, 1.165) is 64.8 Å². The largest absolute Gasteiger partial charge is 0.490 e. The number of alkyl carbamates (subject to hydrolysis) is 1. The van der Waals surface area contributed by atoms with Crippen LogP contribution in [0.15, 0.2) is 53.4 Å². The van der Waals surface area contributed by atoms with Crippen molar-refractivity contribution in [2.75, 3.05) is 77.5 Å². The van der Waals surface area contributed by atoms with Crippen molar-refractivity contribution in [1.29, 1.82) is 0 Å². The Bertz CT molecular complexity index is 1830. The van der Waals surface area contributed by atoms with Gasteiger partial charge in [0.25, 0.3) is 15.9 Å². The van der Waals surface area contributed by atoms with Crippen LogP contribution in [0.25, 0.3) is 0 Å². The van der Waals surface area contributed by atoms with Gasteiger partial charge in [0.1, 0.15) is 17.5 Å². The van der Waals surface area contributed by atoms with E-state index in [1.54, 1.807) is 18.2 Å². The van der Waals surface area contributed by atoms with Crippen molar-refractivity contribution >= 4 is 39.3 Å². The number of anilines is 1. The summed E-state index contributed by atoms with van der Waals surface area (Å²) in [5.74, 6) is -0.0403. The topological polar surface area (TPSA) is 130 Å². The Labute approximate surface area is 318 Å². The minimum absolute atomic E-state index is 0.0202. The molecule has 0 aromatic heterocycles. The third-order valence-corrected chi connectivity index (χ3v) is 13.4. The van der Waals surface area contributed by atoms with Crippen LogP contribution in [0.4, 0.5) is 10.5 Å². The van der Waals surface area contributed by atoms with Crippen molar-refractivity contribution in [2.24, 2.45) is 11.8 Å². The van der Waals surface area contributed by atoms with Crippen LogP contribution in [0.5, 0.6) is 5.75 Å². The molecule has 2 aromatic rings. The summed E-state index contributed by atoms with van der Waals surface area (Å²) in [4.78, 5) is 33.4. The predicted molar refractivity (Wildman–Crippen MR) is 203 cm³/mol. The normalized spacial score (nSPS) is 29.3. The number of carbonyl (C=O) groups is 2. The van der Waals surface area contributed by atoms with Gasteiger partial charge >= 0.3 is 6.09 Å². The van der Waals surface area contributed by atoms with Crippen molar-refractivity contribution in [3.8, 4) is 5.75 Å². The van der Waals surface area contributed by atoms with E-state index >= 15 is 0 Å². The molecule has 2 aromatic carbocycles. The molecule has 5 aliphatic rings. The molecule has 4 atom stereocenters. The van der Waals surface area contributed by atoms with Gasteiger partial charge in [-0.1, -0.05) is 23.7 Å². The Balaban J connectivity index is 1.19. The van der Waals surface area contributed by atoms with E-state index in [4.69, 9.17) is 25.8 Å². The monoisotopic (exact) mass is 769 g/mol. The smallest absolute Gasteiger partial charge is 0.407 e. The summed E-state index contributed by atoms with van der Waals surface area (Å²) in [5, 5.41) is 3.67. The lowest BCUT2D eigenvalue weighted by Crippen LogP contribution is -2.50. The van der Waals surface area contributed by atoms with Gasteiger partial charge in [-0.3, -0.25) is 9.69 Å². The number of halogens is 1. The number of piperazine rings is 1. The number of aryl methyl sites for hydroxylation is 1. The molecule has 3 heterocycles. The van der Waals surface area contributed by atoms with Gasteiger partial charge < -0.3 is 29.3 Å². The zero-order chi connectivity index (χ0) is 37.4. The molecule has 14 heteroatoms. The summed E-state index contributed by atoms with van der Waals surface area (Å²) in [5.41, 5.74) is 1.25. The average Bonchev–Trinajstić information content (AvgIpc) is 3.25. The number of carbonyl (C=O) groups excluding carboxylic acids is 2. The lowest BCUT2D eigenvalue weighted by atomic mass is 9.68. The van der Waals surface area contributed by atoms with Gasteiger partial charge in [0, 0.05) is 68.7 Å². The van der Waals surface area contributed by atoms with Crippen LogP contribution in [0.1, 0.15) is 50.7 Å². The number of amides is 2. The highest BCUT2D eigenvalue weighted by Gasteiger charge is 2.45. The second kappa shape index (κ2) is 15.4. The number of nitrogens with one attached hydrogen (secondary N) is 2. The molecule has 288 valence electrons. The highest BCUT2D eigenvalue weighted by atomic mass is 35.5. The molecule has 0 unspecified atom stereocenters. The van der Waals surface area contributed by atoms with Crippen LogP contribution >= 0.6 is 11.6 Å². The SMILES string of the molecule is CN1CCN(CCNC(=O)O[C@H]2/C=C\COC(C)(C)C(=O)NS(=O)(=O)c3ccc4c(c3)N(C[C@@H]3CC[C@H]32)C[C@@]2(CCCc3cc(Cl)ccc32)CO4)CC1. The molecule has 2 N–H and O–H groups in total. The van der Waals surface area contributed by atoms with E-state index in [9.17, 15) is 18.0 Å². The van der Waals surface area contributed by atoms with Crippen LogP contribution < -0.4 is 19.7 Å². The summed E-state index contributed by atoms with van der Waals surface area (Å²) < 4.78 is 48.2. The maximum Gasteiger partial charge on any atom is 0.407 e. The van der Waals surface area contributed by atoms with Gasteiger partial charge in [0.15, 0.2) is 0 Å². The second-order valence-electron chi connectivity index (χ2n) is 15.9. The van der Waals surface area contributed by atoms with Gasteiger partial charge in [-0.2, -0.15) is 0 Å². The Morgan fingerprint density at radius 3 is 2.70 bits per heavy atom. The summed E-state index contributed by atoms with van der Waals surface area (Å²) in [6, 6.07) is 10.9. The zero-order valence-electron chi connectivity index (χ0n) is 30.9. The van der Waals surface area contributed by atoms with E-state index in [1.165, 1.54) is 31.0 Å². The molecule has 2 aliphatic carbocycles. The van der Waals surface area contributed by atoms with E-state index in [2.05, 4.69) is 43.9 Å². The number of hydrogen-bond donors (Lipinski definition) is 2. The molecule has 3 aliphatic heterocycles. The van der Waals surface area contributed by atoms with Crippen LogP contribution in [0.2, 0.25) is 5.02 Å². The van der Waals surface area contributed by atoms with Gasteiger partial charge in [-0.25, -0.2) is 17.9 Å². The van der Waals surface area contributed by atoms with Crippen molar-refractivity contribution in [3.63, 3.8) is 0 Å². The second-order valence-corrected chi connectivity index (χ2v) is 18.0. The minimum atomic E-state index is -4.24. The molecule has 7 rings (SSSR count). The van der Waals surface area contributed by atoms with Crippen molar-refractivity contribution < 1.29 is 32.2 Å². The van der Waals surface area contributed by atoms with E-state index < -0.39 is 33.7 Å². The fourth-order valence-electron chi connectivity index (χ4n) is 8.44. The quantitative estimate of drug-likeness (QED) is 0.434. The number of likely N-dealkylation sites (N-methyl/N-ethyl adjacent to an activating group) is 1. The molecule has 2 fully saturated rings. The number of nitrogens with zero attached hydrogens (tertiary/aromatic N) is 3. The standard InChI is InChI=1S/C39H52ClN5O7S/c1-38(2)36(46)42-53(48,49)30-10-13-35-33(23-30)45(25-39(26-50-35)14-4-6-27-22-29(40)9-12-32(27)39)24-28-8-11-31(28)34(7-5-21-51-38)52-37(47)41-15-16-44-19-17-43(3)18-20-44/h5,7,9-10,12-13,22-23,28,31,34H,4,6,8,11,14-21,24-26H2,1-3H3,(H,41,47)(H,42,46)/b7-5-/t28-,31+,34-,39-/m0/s1. The Kier molecular flexibility index (Phi) is 11.0. The van der Waals surface area contributed by atoms with Crippen molar-refractivity contribution in [3.05, 3.63) is 64.7 Å². The van der Waals surface area contributed by atoms with E-state index in [1.807, 2.05) is 12.1 Å². The highest BCUT2D eigenvalue weighted by Crippen LogP contribution is 2.47. The summed E-state index contributed by atoms with van der Waals surface area (Å²) in [7, 11) is -2.12. The first kappa shape index (κ1) is 37.9. The molecular weight excluding hydrogens is 718 g/mol. The maximum absolute atomic E-state index is 13.7. The number of benzene rings is 2. The highest BCUT2D eigenvalue weighted by molar-refractivity contribution is 7.90. The third-order valence-electron chi connectivity index (χ3n) is 11.8. The lowest BCUT2D eigenvalue weighted by molar-refractivity contribution is -0.139. The molecule has 0 radical (unpaired) electrons. The first-order chi connectivity index (χ1) is 25.3. The lowest BCUT2D eigenvalue weighted by Gasteiger charge is -2.46. The Morgan fingerprint density at radius 1 is 1.11 bits per heavy atom. The Hall–Kier alpha value is -3.36. The van der Waals surface area contributed by atoms with E-state index in [0.29, 0.717) is 42.7 Å². The van der Waals surface area contributed by atoms with Crippen LogP contribution in [-0.2, 0) is 36.1 Å². The van der Waals surface area contributed by atoms with E-state index in [-0.39, 0.29) is 28.8 Å². The minimum Gasteiger partial charge on any atom is -0.490 e. The molecule has 53 heavy (non-hydrogen) atoms. The molecule has 2 bridgehead atoms. The first-order valence-corrected chi connectivity index (χ1v) is 20.7. The van der Waals surface area contributed by atoms with Crippen molar-refractivity contribution in [1.82, 2.24) is 19.8 Å². The van der Waals surface area contributed by atoms with Crippen molar-refractivity contribution in [2.45, 2.75) is 68.0 Å². The van der Waals surface area contributed by atoms with Gasteiger partial charge in [0.2, 0.25) is 0 Å². The molecular formula is C39H52ClN5O7S. The van der Waals surface area contributed by atoms with Gasteiger partial charge in [-0.15, -0.1) is 0 Å². The van der Waals surface area contributed by atoms with Crippen LogP contribution in [0, 0.1) is 11.8 Å². The maximum atomic E-state index is 13.7. The van der Waals surface area contributed by atoms with Gasteiger partial charge in [-0.05, 0) is 106 Å². The predicted octanol–water partition coefficient (Wildman–Crippen LogP) is 4.35. The number of ether oxygens (including phenoxy) is 3. The summed E-state index contributed by atoms with van der Waals surface area (Å²) >= 11 is 6.45. The summed E-state index contributed by atoms with van der Waals surface area (Å²) in [6.07, 6.45) is 7.22. The Morgan fingerprint density at radius 2 is 1.92 bits per heavy atom. The van der Waals surface area contributed by atoms with Crippen LogP contribution in [-0.4, -0.2) is 115 Å². The molecule has 2 amide bonds. The fraction of sp³-hybridized carbons (Fsp3) is 0.590. The number of sulfonamides is 1. The average molecular weight is 770 g/mol. The zero-order valence-corrected chi connectivity index (χ0v) is 32.5. The molecule has 12 nitrogen and oxygen atoms in total. The fourth-order valence-corrected chi connectivity index (χ4v) is 9.75. The molecule has 1 saturated heterocycles. The number of rotatable bonds is 4. The third kappa shape index (κ3) is 8.34.